The smallest absolute Gasteiger partial charge is 0.303 e. The number of carboxylic acids is 1. The molecule has 0 aromatic heterocycles. The molecule has 5 heteroatoms. The monoisotopic (exact) mass is 263 g/mol. The summed E-state index contributed by atoms with van der Waals surface area (Å²) in [5, 5.41) is 11.2. The molecule has 1 aromatic rings. The van der Waals surface area contributed by atoms with E-state index in [1.807, 2.05) is 12.1 Å². The highest BCUT2D eigenvalue weighted by Gasteiger charge is 2.08. The Morgan fingerprint density at radius 3 is 2.42 bits per heavy atom. The van der Waals surface area contributed by atoms with Crippen LogP contribution in [0.4, 0.5) is 5.69 Å². The van der Waals surface area contributed by atoms with Gasteiger partial charge in [-0.25, -0.2) is 0 Å². The number of amides is 1. The van der Waals surface area contributed by atoms with Gasteiger partial charge in [0.05, 0.1) is 6.42 Å². The first kappa shape index (κ1) is 14.9. The lowest BCUT2D eigenvalue weighted by molar-refractivity contribution is -0.138. The van der Waals surface area contributed by atoms with Crippen molar-refractivity contribution in [1.29, 1.82) is 0 Å². The lowest BCUT2D eigenvalue weighted by atomic mass is 10.0. The van der Waals surface area contributed by atoms with Gasteiger partial charge in [0, 0.05) is 25.5 Å². The van der Waals surface area contributed by atoms with Crippen molar-refractivity contribution in [3.8, 4) is 0 Å². The van der Waals surface area contributed by atoms with Crippen LogP contribution in [0.25, 0.3) is 0 Å². The summed E-state index contributed by atoms with van der Waals surface area (Å²) >= 11 is 0. The van der Waals surface area contributed by atoms with Crippen molar-refractivity contribution in [2.75, 3.05) is 5.32 Å². The molecule has 1 rings (SSSR count). The van der Waals surface area contributed by atoms with E-state index in [9.17, 15) is 14.4 Å². The molecule has 19 heavy (non-hydrogen) atoms. The van der Waals surface area contributed by atoms with Crippen LogP contribution < -0.4 is 5.32 Å². The molecule has 0 saturated heterocycles. The number of benzene rings is 1. The van der Waals surface area contributed by atoms with E-state index in [-0.39, 0.29) is 31.0 Å². The molecular weight excluding hydrogens is 246 g/mol. The first-order valence-corrected chi connectivity index (χ1v) is 6.08. The fourth-order valence-electron chi connectivity index (χ4n) is 1.70. The number of carboxylic acid groups (broad SMARTS) is 1. The maximum Gasteiger partial charge on any atom is 0.303 e. The number of Topliss-reactive ketones (excluding diaryl/α,β-unsaturated/α-hetero) is 1. The molecule has 1 aromatic carbocycles. The summed E-state index contributed by atoms with van der Waals surface area (Å²) in [6, 6.07) is 7.26. The summed E-state index contributed by atoms with van der Waals surface area (Å²) < 4.78 is 0. The third kappa shape index (κ3) is 5.81. The highest BCUT2D eigenvalue weighted by Crippen LogP contribution is 2.17. The van der Waals surface area contributed by atoms with Crippen molar-refractivity contribution < 1.29 is 19.5 Å². The lowest BCUT2D eigenvalue weighted by Crippen LogP contribution is -2.09. The Hall–Kier alpha value is -2.17. The van der Waals surface area contributed by atoms with Gasteiger partial charge in [-0.15, -0.1) is 0 Å². The molecule has 0 radical (unpaired) electrons. The summed E-state index contributed by atoms with van der Waals surface area (Å²) in [6.07, 6.45) is 0.697. The minimum absolute atomic E-state index is 0.0532. The minimum Gasteiger partial charge on any atom is -0.481 e. The molecule has 1 amide bonds. The predicted octanol–water partition coefficient (Wildman–Crippen LogP) is 2.01. The fourth-order valence-corrected chi connectivity index (χ4v) is 1.70. The number of nitrogens with one attached hydrogen (secondary N) is 1. The Bertz CT molecular complexity index is 482. The average Bonchev–Trinajstić information content (AvgIpc) is 2.34. The molecule has 0 heterocycles. The Kier molecular flexibility index (Phi) is 5.73. The van der Waals surface area contributed by atoms with Crippen molar-refractivity contribution in [1.82, 2.24) is 0 Å². The number of hydrogen-bond donors (Lipinski definition) is 2. The molecule has 0 spiro atoms. The van der Waals surface area contributed by atoms with Gasteiger partial charge >= 0.3 is 5.97 Å². The van der Waals surface area contributed by atoms with Gasteiger partial charge in [-0.1, -0.05) is 18.2 Å². The highest BCUT2D eigenvalue weighted by molar-refractivity contribution is 5.89. The molecule has 0 atom stereocenters. The molecule has 0 aliphatic heterocycles. The summed E-state index contributed by atoms with van der Waals surface area (Å²) in [4.78, 5) is 32.9. The minimum atomic E-state index is -0.966. The normalized spacial score (nSPS) is 9.95. The van der Waals surface area contributed by atoms with Gasteiger partial charge in [-0.3, -0.25) is 14.4 Å². The van der Waals surface area contributed by atoms with E-state index in [0.717, 1.165) is 5.56 Å². The van der Waals surface area contributed by atoms with Crippen LogP contribution in [0, 0.1) is 0 Å². The maximum atomic E-state index is 11.5. The fraction of sp³-hybridized carbons (Fsp3) is 0.357. The molecule has 102 valence electrons. The molecule has 2 N–H and O–H groups in total. The van der Waals surface area contributed by atoms with Gasteiger partial charge in [0.15, 0.2) is 0 Å². The van der Waals surface area contributed by atoms with Crippen LogP contribution in [-0.4, -0.2) is 22.8 Å². The van der Waals surface area contributed by atoms with E-state index < -0.39 is 5.97 Å². The Balaban J connectivity index is 2.55. The third-order valence-corrected chi connectivity index (χ3v) is 2.62. The van der Waals surface area contributed by atoms with Crippen LogP contribution in [0.15, 0.2) is 24.3 Å². The van der Waals surface area contributed by atoms with Gasteiger partial charge in [0.25, 0.3) is 0 Å². The zero-order chi connectivity index (χ0) is 14.3. The Labute approximate surface area is 111 Å². The molecule has 0 bridgehead atoms. The Morgan fingerprint density at radius 2 is 1.79 bits per heavy atom. The van der Waals surface area contributed by atoms with E-state index in [1.165, 1.54) is 6.92 Å². The van der Waals surface area contributed by atoms with Crippen molar-refractivity contribution in [3.63, 3.8) is 0 Å². The second-order valence-corrected chi connectivity index (χ2v) is 4.27. The van der Waals surface area contributed by atoms with Gasteiger partial charge < -0.3 is 10.4 Å². The highest BCUT2D eigenvalue weighted by atomic mass is 16.4. The maximum absolute atomic E-state index is 11.5. The summed E-state index contributed by atoms with van der Waals surface area (Å²) in [7, 11) is 0. The molecule has 0 unspecified atom stereocenters. The summed E-state index contributed by atoms with van der Waals surface area (Å²) in [5.74, 6) is -1.21. The second-order valence-electron chi connectivity index (χ2n) is 4.27. The topological polar surface area (TPSA) is 83.5 Å². The van der Waals surface area contributed by atoms with E-state index in [0.29, 0.717) is 12.1 Å². The number of rotatable bonds is 7. The van der Waals surface area contributed by atoms with E-state index in [1.54, 1.807) is 12.1 Å². The molecule has 0 fully saturated rings. The number of aryl methyl sites for hydroxylation is 1. The predicted molar refractivity (Wildman–Crippen MR) is 70.9 cm³/mol. The molecule has 0 aliphatic carbocycles. The lowest BCUT2D eigenvalue weighted by Gasteiger charge is -2.09. The van der Waals surface area contributed by atoms with E-state index >= 15 is 0 Å². The van der Waals surface area contributed by atoms with Crippen molar-refractivity contribution in [2.24, 2.45) is 0 Å². The van der Waals surface area contributed by atoms with Crippen molar-refractivity contribution in [2.45, 2.75) is 32.6 Å². The Morgan fingerprint density at radius 1 is 1.11 bits per heavy atom. The number of aliphatic carboxylic acids is 1. The van der Waals surface area contributed by atoms with Crippen LogP contribution in [0.3, 0.4) is 0 Å². The summed E-state index contributed by atoms with van der Waals surface area (Å²) in [6.45, 7) is 1.43. The molecule has 0 aliphatic rings. The van der Waals surface area contributed by atoms with Crippen LogP contribution in [0.2, 0.25) is 0 Å². The first-order chi connectivity index (χ1) is 8.99. The zero-order valence-corrected chi connectivity index (χ0v) is 10.8. The number of hydrogen-bond acceptors (Lipinski definition) is 3. The van der Waals surface area contributed by atoms with Crippen LogP contribution in [0.5, 0.6) is 0 Å². The van der Waals surface area contributed by atoms with Gasteiger partial charge in [-0.2, -0.15) is 0 Å². The number of ketones is 1. The van der Waals surface area contributed by atoms with Gasteiger partial charge in [-0.05, 0) is 18.1 Å². The third-order valence-electron chi connectivity index (χ3n) is 2.62. The van der Waals surface area contributed by atoms with Crippen LogP contribution in [-0.2, 0) is 20.8 Å². The number of carbonyl (C=O) groups is 3. The second kappa shape index (κ2) is 7.31. The first-order valence-electron chi connectivity index (χ1n) is 6.08. The van der Waals surface area contributed by atoms with Crippen LogP contribution in [0.1, 0.15) is 31.7 Å². The average molecular weight is 263 g/mol. The van der Waals surface area contributed by atoms with Crippen LogP contribution >= 0.6 is 0 Å². The number of para-hydroxylation sites is 1. The number of carbonyl (C=O) groups excluding carboxylic acids is 2. The van der Waals surface area contributed by atoms with Gasteiger partial charge in [0.1, 0.15) is 5.78 Å². The largest absolute Gasteiger partial charge is 0.481 e. The van der Waals surface area contributed by atoms with E-state index in [4.69, 9.17) is 5.11 Å². The molecular formula is C14H17NO4. The number of anilines is 1. The van der Waals surface area contributed by atoms with Crippen molar-refractivity contribution in [3.05, 3.63) is 29.8 Å². The quantitative estimate of drug-likeness (QED) is 0.788. The standard InChI is InChI=1S/C14H17NO4/c1-10(16)15-13-5-3-2-4-11(13)6-7-12(17)8-9-14(18)19/h2-5H,6-9H2,1H3,(H,15,16)(H,18,19). The molecule has 5 nitrogen and oxygen atoms in total. The summed E-state index contributed by atoms with van der Waals surface area (Å²) in [5.41, 5.74) is 1.57. The zero-order valence-electron chi connectivity index (χ0n) is 10.8. The van der Waals surface area contributed by atoms with E-state index in [2.05, 4.69) is 5.32 Å². The van der Waals surface area contributed by atoms with Gasteiger partial charge in [0.2, 0.25) is 5.91 Å². The SMILES string of the molecule is CC(=O)Nc1ccccc1CCC(=O)CCC(=O)O. The molecule has 0 saturated carbocycles. The van der Waals surface area contributed by atoms with Crippen molar-refractivity contribution >= 4 is 23.3 Å².